The van der Waals surface area contributed by atoms with Crippen LogP contribution in [0.2, 0.25) is 0 Å². The van der Waals surface area contributed by atoms with Crippen molar-refractivity contribution >= 4 is 43.2 Å². The first-order valence-corrected chi connectivity index (χ1v) is 11.3. The van der Waals surface area contributed by atoms with E-state index >= 15 is 0 Å². The van der Waals surface area contributed by atoms with Gasteiger partial charge in [-0.2, -0.15) is 0 Å². The number of thiophene rings is 1. The van der Waals surface area contributed by atoms with Crippen molar-refractivity contribution in [3.8, 4) is 0 Å². The van der Waals surface area contributed by atoms with Gasteiger partial charge in [0, 0.05) is 17.6 Å². The van der Waals surface area contributed by atoms with Crippen molar-refractivity contribution in [2.45, 2.75) is 18.0 Å². The van der Waals surface area contributed by atoms with Crippen LogP contribution in [-0.2, 0) is 23.1 Å². The van der Waals surface area contributed by atoms with Crippen molar-refractivity contribution in [1.82, 2.24) is 10.0 Å². The quantitative estimate of drug-likeness (QED) is 0.533. The third kappa shape index (κ3) is 5.26. The van der Waals surface area contributed by atoms with Gasteiger partial charge in [0.25, 0.3) is 5.91 Å². The molecule has 3 rings (SSSR count). The number of amides is 1. The molecule has 0 aliphatic heterocycles. The molecule has 0 bridgehead atoms. The first-order chi connectivity index (χ1) is 13.3. The number of benzene rings is 2. The molecule has 0 unspecified atom stereocenters. The Labute approximate surface area is 174 Å². The van der Waals surface area contributed by atoms with Gasteiger partial charge in [0.05, 0.1) is 4.90 Å². The minimum absolute atomic E-state index is 0.0204. The summed E-state index contributed by atoms with van der Waals surface area (Å²) in [7, 11) is -3.77. The predicted molar refractivity (Wildman–Crippen MR) is 110 cm³/mol. The molecule has 1 aromatic heterocycles. The fraction of sp³-hybridized carbons (Fsp3) is 0.105. The van der Waals surface area contributed by atoms with Crippen LogP contribution >= 0.6 is 27.3 Å². The van der Waals surface area contributed by atoms with Gasteiger partial charge in [-0.15, -0.1) is 11.3 Å². The zero-order valence-corrected chi connectivity index (χ0v) is 17.7. The standard InChI is InChI=1S/C19H16BrFN2O3S2/c20-17-7-8-27-18(17)19(24)22-11-14-4-2-6-16(10-14)28(25,26)23-12-13-3-1-5-15(21)9-13/h1-10,23H,11-12H2,(H,22,24). The Morgan fingerprint density at radius 1 is 1.04 bits per heavy atom. The van der Waals surface area contributed by atoms with Gasteiger partial charge in [-0.1, -0.05) is 24.3 Å². The lowest BCUT2D eigenvalue weighted by molar-refractivity contribution is 0.0954. The number of rotatable bonds is 7. The first-order valence-electron chi connectivity index (χ1n) is 8.19. The molecule has 1 amide bonds. The number of hydrogen-bond donors (Lipinski definition) is 2. The van der Waals surface area contributed by atoms with Crippen molar-refractivity contribution in [1.29, 1.82) is 0 Å². The van der Waals surface area contributed by atoms with Gasteiger partial charge < -0.3 is 5.32 Å². The van der Waals surface area contributed by atoms with Gasteiger partial charge in [-0.05, 0) is 62.8 Å². The lowest BCUT2D eigenvalue weighted by Crippen LogP contribution is -2.24. The average Bonchev–Trinajstić information content (AvgIpc) is 3.11. The Bertz CT molecular complexity index is 1100. The van der Waals surface area contributed by atoms with E-state index in [9.17, 15) is 17.6 Å². The molecule has 0 spiro atoms. The summed E-state index contributed by atoms with van der Waals surface area (Å²) >= 11 is 4.62. The third-order valence-corrected chi connectivity index (χ3v) is 7.08. The molecule has 28 heavy (non-hydrogen) atoms. The highest BCUT2D eigenvalue weighted by Gasteiger charge is 2.15. The van der Waals surface area contributed by atoms with E-state index in [1.165, 1.54) is 41.7 Å². The summed E-state index contributed by atoms with van der Waals surface area (Å²) in [5, 5.41) is 4.57. The number of halogens is 2. The second-order valence-corrected chi connectivity index (χ2v) is 9.42. The van der Waals surface area contributed by atoms with Crippen LogP contribution in [0.3, 0.4) is 0 Å². The third-order valence-electron chi connectivity index (χ3n) is 3.84. The number of nitrogens with one attached hydrogen (secondary N) is 2. The van der Waals surface area contributed by atoms with Crippen molar-refractivity contribution in [3.05, 3.63) is 86.3 Å². The molecule has 1 heterocycles. The van der Waals surface area contributed by atoms with Gasteiger partial charge in [-0.25, -0.2) is 17.5 Å². The van der Waals surface area contributed by atoms with Crippen LogP contribution in [-0.4, -0.2) is 14.3 Å². The molecule has 2 N–H and O–H groups in total. The summed E-state index contributed by atoms with van der Waals surface area (Å²) in [5.41, 5.74) is 1.17. The Morgan fingerprint density at radius 3 is 2.43 bits per heavy atom. The van der Waals surface area contributed by atoms with Crippen LogP contribution in [0.5, 0.6) is 0 Å². The van der Waals surface area contributed by atoms with E-state index in [-0.39, 0.29) is 23.9 Å². The number of carbonyl (C=O) groups is 1. The summed E-state index contributed by atoms with van der Waals surface area (Å²) < 4.78 is 41.4. The molecule has 2 aromatic carbocycles. The molecule has 146 valence electrons. The maximum atomic E-state index is 13.2. The van der Waals surface area contributed by atoms with E-state index in [4.69, 9.17) is 0 Å². The molecule has 0 atom stereocenters. The lowest BCUT2D eigenvalue weighted by Gasteiger charge is -2.09. The van der Waals surface area contributed by atoms with Crippen molar-refractivity contribution < 1.29 is 17.6 Å². The molecular formula is C19H16BrFN2O3S2. The molecule has 0 fully saturated rings. The number of carbonyl (C=O) groups excluding carboxylic acids is 1. The van der Waals surface area contributed by atoms with Crippen LogP contribution in [0, 0.1) is 5.82 Å². The van der Waals surface area contributed by atoms with Gasteiger partial charge in [0.1, 0.15) is 10.7 Å². The van der Waals surface area contributed by atoms with Crippen LogP contribution in [0.4, 0.5) is 4.39 Å². The van der Waals surface area contributed by atoms with Crippen LogP contribution < -0.4 is 10.0 Å². The van der Waals surface area contributed by atoms with E-state index in [2.05, 4.69) is 26.0 Å². The minimum atomic E-state index is -3.77. The summed E-state index contributed by atoms with van der Waals surface area (Å²) in [6.45, 7) is 0.171. The lowest BCUT2D eigenvalue weighted by atomic mass is 10.2. The van der Waals surface area contributed by atoms with Crippen LogP contribution in [0.1, 0.15) is 20.8 Å². The smallest absolute Gasteiger partial charge is 0.262 e. The normalized spacial score (nSPS) is 11.4. The number of sulfonamides is 1. The second-order valence-electron chi connectivity index (χ2n) is 5.88. The SMILES string of the molecule is O=C(NCc1cccc(S(=O)(=O)NCc2cccc(F)c2)c1)c1sccc1Br. The average molecular weight is 483 g/mol. The fourth-order valence-electron chi connectivity index (χ4n) is 2.45. The highest BCUT2D eigenvalue weighted by molar-refractivity contribution is 9.10. The van der Waals surface area contributed by atoms with E-state index < -0.39 is 15.8 Å². The van der Waals surface area contributed by atoms with E-state index in [1.807, 2.05) is 0 Å². The highest BCUT2D eigenvalue weighted by Crippen LogP contribution is 2.22. The van der Waals surface area contributed by atoms with Crippen molar-refractivity contribution in [2.24, 2.45) is 0 Å². The molecule has 3 aromatic rings. The second kappa shape index (κ2) is 8.95. The fourth-order valence-corrected chi connectivity index (χ4v) is 5.00. The molecular weight excluding hydrogens is 467 g/mol. The molecule has 9 heteroatoms. The first kappa shape index (κ1) is 20.7. The zero-order chi connectivity index (χ0) is 20.1. The Hall–Kier alpha value is -2.07. The van der Waals surface area contributed by atoms with E-state index in [0.29, 0.717) is 20.5 Å². The van der Waals surface area contributed by atoms with Crippen LogP contribution in [0.25, 0.3) is 0 Å². The van der Waals surface area contributed by atoms with Crippen molar-refractivity contribution in [2.75, 3.05) is 0 Å². The summed E-state index contributed by atoms with van der Waals surface area (Å²) in [6.07, 6.45) is 0. The maximum absolute atomic E-state index is 13.2. The monoisotopic (exact) mass is 482 g/mol. The maximum Gasteiger partial charge on any atom is 0.262 e. The predicted octanol–water partition coefficient (Wildman–Crippen LogP) is 4.06. The number of hydrogen-bond acceptors (Lipinski definition) is 4. The minimum Gasteiger partial charge on any atom is -0.347 e. The van der Waals surface area contributed by atoms with Gasteiger partial charge in [-0.3, -0.25) is 4.79 Å². The zero-order valence-electron chi connectivity index (χ0n) is 14.5. The molecule has 5 nitrogen and oxygen atoms in total. The topological polar surface area (TPSA) is 75.3 Å². The Balaban J connectivity index is 1.66. The summed E-state index contributed by atoms with van der Waals surface area (Å²) in [4.78, 5) is 12.8. The molecule has 0 aliphatic carbocycles. The van der Waals surface area contributed by atoms with Gasteiger partial charge >= 0.3 is 0 Å². The molecule has 0 radical (unpaired) electrons. The largest absolute Gasteiger partial charge is 0.347 e. The van der Waals surface area contributed by atoms with Crippen LogP contribution in [0.15, 0.2) is 69.3 Å². The molecule has 0 saturated heterocycles. The highest BCUT2D eigenvalue weighted by atomic mass is 79.9. The molecule has 0 aliphatic rings. The van der Waals surface area contributed by atoms with E-state index in [1.54, 1.807) is 29.6 Å². The summed E-state index contributed by atoms with van der Waals surface area (Å²) in [6, 6.07) is 13.8. The van der Waals surface area contributed by atoms with E-state index in [0.717, 1.165) is 0 Å². The summed E-state index contributed by atoms with van der Waals surface area (Å²) in [5.74, 6) is -0.661. The van der Waals surface area contributed by atoms with Gasteiger partial charge in [0.2, 0.25) is 10.0 Å². The van der Waals surface area contributed by atoms with Gasteiger partial charge in [0.15, 0.2) is 0 Å². The molecule has 0 saturated carbocycles. The Kier molecular flexibility index (Phi) is 6.61. The Morgan fingerprint density at radius 2 is 1.75 bits per heavy atom. The van der Waals surface area contributed by atoms with Crippen molar-refractivity contribution in [3.63, 3.8) is 0 Å².